The maximum absolute atomic E-state index is 10.2. The Morgan fingerprint density at radius 1 is 1.42 bits per heavy atom. The summed E-state index contributed by atoms with van der Waals surface area (Å²) in [6.45, 7) is 3.88. The largest absolute Gasteiger partial charge is 0.391 e. The monoisotopic (exact) mass is 263 g/mol. The number of rotatable bonds is 5. The molecule has 2 N–H and O–H groups in total. The highest BCUT2D eigenvalue weighted by molar-refractivity contribution is 5.47. The smallest absolute Gasteiger partial charge is 0.133 e. The summed E-state index contributed by atoms with van der Waals surface area (Å²) < 4.78 is 0. The fourth-order valence-electron chi connectivity index (χ4n) is 2.85. The maximum Gasteiger partial charge on any atom is 0.133 e. The number of nitrogens with one attached hydrogen (secondary N) is 1. The van der Waals surface area contributed by atoms with Crippen LogP contribution in [0.1, 0.15) is 38.2 Å². The van der Waals surface area contributed by atoms with Gasteiger partial charge in [0.25, 0.3) is 0 Å². The van der Waals surface area contributed by atoms with E-state index in [1.54, 1.807) is 0 Å². The number of hydrogen-bond acceptors (Lipinski definition) is 4. The molecule has 1 aliphatic rings. The van der Waals surface area contributed by atoms with E-state index in [4.69, 9.17) is 0 Å². The minimum Gasteiger partial charge on any atom is -0.391 e. The van der Waals surface area contributed by atoms with Gasteiger partial charge in [0.2, 0.25) is 0 Å². The van der Waals surface area contributed by atoms with Crippen molar-refractivity contribution in [3.63, 3.8) is 0 Å². The van der Waals surface area contributed by atoms with Gasteiger partial charge in [-0.25, -0.2) is 4.98 Å². The van der Waals surface area contributed by atoms with Crippen molar-refractivity contribution in [1.29, 1.82) is 0 Å². The van der Waals surface area contributed by atoms with Gasteiger partial charge in [-0.3, -0.25) is 0 Å². The van der Waals surface area contributed by atoms with Crippen LogP contribution in [-0.4, -0.2) is 35.8 Å². The standard InChI is InChI=1S/C15H25N3O/c1-3-16-11-12-7-6-10-17-15(12)18(2)13-8-4-5-9-14(13)19/h6-7,10,13-14,16,19H,3-5,8-9,11H2,1-2H3. The van der Waals surface area contributed by atoms with Crippen LogP contribution < -0.4 is 10.2 Å². The van der Waals surface area contributed by atoms with E-state index in [-0.39, 0.29) is 12.1 Å². The third kappa shape index (κ3) is 3.45. The molecule has 0 radical (unpaired) electrons. The number of aliphatic hydroxyl groups is 1. The zero-order chi connectivity index (χ0) is 13.7. The highest BCUT2D eigenvalue weighted by Crippen LogP contribution is 2.27. The van der Waals surface area contributed by atoms with E-state index in [1.807, 2.05) is 12.3 Å². The second-order valence-electron chi connectivity index (χ2n) is 5.30. The second kappa shape index (κ2) is 6.87. The van der Waals surface area contributed by atoms with Crippen molar-refractivity contribution in [1.82, 2.24) is 10.3 Å². The Hall–Kier alpha value is -1.13. The first-order valence-electron chi connectivity index (χ1n) is 7.29. The lowest BCUT2D eigenvalue weighted by Crippen LogP contribution is -2.44. The van der Waals surface area contributed by atoms with E-state index in [1.165, 1.54) is 12.0 Å². The fourth-order valence-corrected chi connectivity index (χ4v) is 2.85. The van der Waals surface area contributed by atoms with E-state index in [2.05, 4.69) is 35.2 Å². The molecule has 0 saturated heterocycles. The Balaban J connectivity index is 2.15. The topological polar surface area (TPSA) is 48.4 Å². The molecule has 4 heteroatoms. The Bertz CT molecular complexity index is 397. The van der Waals surface area contributed by atoms with Gasteiger partial charge in [-0.2, -0.15) is 0 Å². The number of aromatic nitrogens is 1. The minimum absolute atomic E-state index is 0.198. The lowest BCUT2D eigenvalue weighted by atomic mass is 9.91. The van der Waals surface area contributed by atoms with Gasteiger partial charge in [0.15, 0.2) is 0 Å². The predicted octanol–water partition coefficient (Wildman–Crippen LogP) is 1.93. The van der Waals surface area contributed by atoms with Crippen molar-refractivity contribution in [3.05, 3.63) is 23.9 Å². The molecule has 2 atom stereocenters. The summed E-state index contributed by atoms with van der Waals surface area (Å²) in [5.41, 5.74) is 1.20. The van der Waals surface area contributed by atoms with E-state index < -0.39 is 0 Å². The van der Waals surface area contributed by atoms with Gasteiger partial charge < -0.3 is 15.3 Å². The third-order valence-electron chi connectivity index (χ3n) is 3.96. The van der Waals surface area contributed by atoms with Crippen molar-refractivity contribution < 1.29 is 5.11 Å². The van der Waals surface area contributed by atoms with Gasteiger partial charge >= 0.3 is 0 Å². The summed E-state index contributed by atoms with van der Waals surface area (Å²) in [6.07, 6.45) is 5.89. The van der Waals surface area contributed by atoms with Crippen LogP contribution >= 0.6 is 0 Å². The number of likely N-dealkylation sites (N-methyl/N-ethyl adjacent to an activating group) is 1. The Kier molecular flexibility index (Phi) is 5.16. The first kappa shape index (κ1) is 14.3. The highest BCUT2D eigenvalue weighted by Gasteiger charge is 2.28. The molecule has 2 unspecified atom stereocenters. The molecule has 0 bridgehead atoms. The number of hydrogen-bond donors (Lipinski definition) is 2. The lowest BCUT2D eigenvalue weighted by Gasteiger charge is -2.36. The molecule has 0 aliphatic heterocycles. The zero-order valence-corrected chi connectivity index (χ0v) is 12.0. The number of nitrogens with zero attached hydrogens (tertiary/aromatic N) is 2. The molecule has 1 aromatic rings. The molecule has 1 aliphatic carbocycles. The number of aliphatic hydroxyl groups excluding tert-OH is 1. The zero-order valence-electron chi connectivity index (χ0n) is 12.0. The Labute approximate surface area is 115 Å². The van der Waals surface area contributed by atoms with E-state index in [0.717, 1.165) is 38.2 Å². The summed E-state index contributed by atoms with van der Waals surface area (Å²) in [5.74, 6) is 0.995. The summed E-state index contributed by atoms with van der Waals surface area (Å²) >= 11 is 0. The molecule has 1 saturated carbocycles. The normalized spacial score (nSPS) is 23.3. The van der Waals surface area contributed by atoms with E-state index >= 15 is 0 Å². The fraction of sp³-hybridized carbons (Fsp3) is 0.667. The van der Waals surface area contributed by atoms with Gasteiger partial charge in [-0.05, 0) is 25.5 Å². The third-order valence-corrected chi connectivity index (χ3v) is 3.96. The van der Waals surface area contributed by atoms with Crippen molar-refractivity contribution in [2.24, 2.45) is 0 Å². The van der Waals surface area contributed by atoms with Crippen molar-refractivity contribution >= 4 is 5.82 Å². The van der Waals surface area contributed by atoms with Crippen LogP contribution in [0.3, 0.4) is 0 Å². The van der Waals surface area contributed by atoms with Gasteiger partial charge in [-0.1, -0.05) is 25.8 Å². The van der Waals surface area contributed by atoms with E-state index in [9.17, 15) is 5.11 Å². The van der Waals surface area contributed by atoms with Gasteiger partial charge in [0.1, 0.15) is 5.82 Å². The minimum atomic E-state index is -0.229. The molecular formula is C15H25N3O. The molecule has 1 aromatic heterocycles. The van der Waals surface area contributed by atoms with Crippen LogP contribution in [0.15, 0.2) is 18.3 Å². The SMILES string of the molecule is CCNCc1cccnc1N(C)C1CCCCC1O. The highest BCUT2D eigenvalue weighted by atomic mass is 16.3. The molecule has 1 heterocycles. The van der Waals surface area contributed by atoms with Gasteiger partial charge in [0, 0.05) is 25.4 Å². The average Bonchev–Trinajstić information content (AvgIpc) is 2.45. The molecule has 4 nitrogen and oxygen atoms in total. The van der Waals surface area contributed by atoms with Crippen LogP contribution in [0.5, 0.6) is 0 Å². The maximum atomic E-state index is 10.2. The quantitative estimate of drug-likeness (QED) is 0.852. The first-order chi connectivity index (χ1) is 9.24. The summed E-state index contributed by atoms with van der Waals surface area (Å²) in [4.78, 5) is 6.68. The second-order valence-corrected chi connectivity index (χ2v) is 5.30. The molecule has 0 aromatic carbocycles. The lowest BCUT2D eigenvalue weighted by molar-refractivity contribution is 0.106. The van der Waals surface area contributed by atoms with Crippen LogP contribution in [0.2, 0.25) is 0 Å². The molecule has 19 heavy (non-hydrogen) atoms. The van der Waals surface area contributed by atoms with Crippen LogP contribution in [0.25, 0.3) is 0 Å². The van der Waals surface area contributed by atoms with Gasteiger partial charge in [-0.15, -0.1) is 0 Å². The Morgan fingerprint density at radius 3 is 2.95 bits per heavy atom. The molecular weight excluding hydrogens is 238 g/mol. The summed E-state index contributed by atoms with van der Waals surface area (Å²) in [7, 11) is 2.05. The molecule has 2 rings (SSSR count). The van der Waals surface area contributed by atoms with Crippen molar-refractivity contribution in [3.8, 4) is 0 Å². The summed E-state index contributed by atoms with van der Waals surface area (Å²) in [6, 6.07) is 4.28. The van der Waals surface area contributed by atoms with Crippen LogP contribution in [-0.2, 0) is 6.54 Å². The molecule has 0 spiro atoms. The van der Waals surface area contributed by atoms with E-state index in [0.29, 0.717) is 0 Å². The molecule has 106 valence electrons. The summed E-state index contributed by atoms with van der Waals surface area (Å²) in [5, 5.41) is 13.5. The van der Waals surface area contributed by atoms with Crippen molar-refractivity contribution in [2.75, 3.05) is 18.5 Å². The van der Waals surface area contributed by atoms with Gasteiger partial charge in [0.05, 0.1) is 12.1 Å². The Morgan fingerprint density at radius 2 is 2.21 bits per heavy atom. The van der Waals surface area contributed by atoms with Crippen LogP contribution in [0, 0.1) is 0 Å². The first-order valence-corrected chi connectivity index (χ1v) is 7.29. The molecule has 1 fully saturated rings. The number of anilines is 1. The average molecular weight is 263 g/mol. The van der Waals surface area contributed by atoms with Crippen LogP contribution in [0.4, 0.5) is 5.82 Å². The van der Waals surface area contributed by atoms with Crippen molar-refractivity contribution in [2.45, 2.75) is 51.3 Å². The predicted molar refractivity (Wildman–Crippen MR) is 78.3 cm³/mol. The molecule has 0 amide bonds. The number of pyridine rings is 1.